The third-order valence-corrected chi connectivity index (χ3v) is 4.93. The maximum absolute atomic E-state index is 12.4. The van der Waals surface area contributed by atoms with Crippen LogP contribution in [0.5, 0.6) is 0 Å². The Kier molecular flexibility index (Phi) is 5.90. The molecule has 0 fully saturated rings. The highest BCUT2D eigenvalue weighted by molar-refractivity contribution is 9.10. The summed E-state index contributed by atoms with van der Waals surface area (Å²) in [6, 6.07) is 19.3. The first-order valence-electron chi connectivity index (χ1n) is 9.36. The zero-order chi connectivity index (χ0) is 20.9. The van der Waals surface area contributed by atoms with Crippen LogP contribution in [0.25, 0.3) is 11.5 Å². The Morgan fingerprint density at radius 1 is 1.07 bits per heavy atom. The molecule has 7 heteroatoms. The minimum atomic E-state index is -0.0866. The number of rotatable bonds is 6. The van der Waals surface area contributed by atoms with Crippen LogP contribution in [0.1, 0.15) is 11.1 Å². The maximum Gasteiger partial charge on any atom is 0.299 e. The van der Waals surface area contributed by atoms with E-state index in [4.69, 9.17) is 4.42 Å². The van der Waals surface area contributed by atoms with Crippen LogP contribution in [0.4, 0.5) is 17.4 Å². The van der Waals surface area contributed by atoms with E-state index in [2.05, 4.69) is 36.5 Å². The van der Waals surface area contributed by atoms with Crippen LogP contribution in [-0.2, 0) is 11.2 Å². The molecule has 6 nitrogen and oxygen atoms in total. The Hall–Kier alpha value is -3.45. The van der Waals surface area contributed by atoms with E-state index in [1.807, 2.05) is 67.6 Å². The Morgan fingerprint density at radius 2 is 1.97 bits per heavy atom. The predicted molar refractivity (Wildman–Crippen MR) is 121 cm³/mol. The topological polar surface area (TPSA) is 80.0 Å². The molecule has 4 aromatic rings. The van der Waals surface area contributed by atoms with E-state index in [-0.39, 0.29) is 5.91 Å². The van der Waals surface area contributed by atoms with Crippen molar-refractivity contribution in [1.82, 2.24) is 9.97 Å². The first kappa shape index (κ1) is 19.8. The Bertz CT molecular complexity index is 1170. The van der Waals surface area contributed by atoms with Gasteiger partial charge in [0.15, 0.2) is 5.76 Å². The number of pyridine rings is 1. The van der Waals surface area contributed by atoms with Gasteiger partial charge < -0.3 is 15.1 Å². The molecule has 0 saturated carbocycles. The summed E-state index contributed by atoms with van der Waals surface area (Å²) < 4.78 is 6.71. The zero-order valence-electron chi connectivity index (χ0n) is 16.2. The molecule has 2 heterocycles. The first-order valence-corrected chi connectivity index (χ1v) is 10.2. The highest BCUT2D eigenvalue weighted by Crippen LogP contribution is 2.26. The SMILES string of the molecule is Cc1ccc(NC(=O)Cc2cccc(Br)c2)cc1Nc1ncc(-c2ccccn2)o1. The highest BCUT2D eigenvalue weighted by atomic mass is 79.9. The monoisotopic (exact) mass is 462 g/mol. The van der Waals surface area contributed by atoms with Crippen LogP contribution in [-0.4, -0.2) is 15.9 Å². The fraction of sp³-hybridized carbons (Fsp3) is 0.0870. The lowest BCUT2D eigenvalue weighted by atomic mass is 10.1. The molecule has 1 amide bonds. The molecule has 30 heavy (non-hydrogen) atoms. The van der Waals surface area contributed by atoms with Crippen LogP contribution in [0.2, 0.25) is 0 Å². The van der Waals surface area contributed by atoms with Crippen LogP contribution < -0.4 is 10.6 Å². The smallest absolute Gasteiger partial charge is 0.299 e. The quantitative estimate of drug-likeness (QED) is 0.382. The van der Waals surface area contributed by atoms with Gasteiger partial charge in [0, 0.05) is 22.0 Å². The molecule has 2 aromatic heterocycles. The molecule has 2 N–H and O–H groups in total. The van der Waals surface area contributed by atoms with Gasteiger partial charge in [-0.2, -0.15) is 0 Å². The average molecular weight is 463 g/mol. The van der Waals surface area contributed by atoms with E-state index < -0.39 is 0 Å². The van der Waals surface area contributed by atoms with E-state index in [9.17, 15) is 4.79 Å². The van der Waals surface area contributed by atoms with Crippen molar-refractivity contribution in [3.63, 3.8) is 0 Å². The molecule has 0 atom stereocenters. The second-order valence-corrected chi connectivity index (χ2v) is 7.67. The molecule has 2 aromatic carbocycles. The first-order chi connectivity index (χ1) is 14.6. The van der Waals surface area contributed by atoms with Crippen molar-refractivity contribution in [3.8, 4) is 11.5 Å². The Balaban J connectivity index is 1.46. The van der Waals surface area contributed by atoms with Crippen molar-refractivity contribution in [2.24, 2.45) is 0 Å². The molecular weight excluding hydrogens is 444 g/mol. The number of benzene rings is 2. The summed E-state index contributed by atoms with van der Waals surface area (Å²) in [5, 5.41) is 6.11. The number of halogens is 1. The zero-order valence-corrected chi connectivity index (χ0v) is 17.8. The van der Waals surface area contributed by atoms with Crippen molar-refractivity contribution in [2.75, 3.05) is 10.6 Å². The fourth-order valence-electron chi connectivity index (χ4n) is 2.95. The molecule has 0 aliphatic rings. The summed E-state index contributed by atoms with van der Waals surface area (Å²) in [6.07, 6.45) is 3.63. The number of carbonyl (C=O) groups excluding carboxylic acids is 1. The Morgan fingerprint density at radius 3 is 2.77 bits per heavy atom. The van der Waals surface area contributed by atoms with Gasteiger partial charge in [0.25, 0.3) is 6.01 Å². The summed E-state index contributed by atoms with van der Waals surface area (Å²) >= 11 is 3.43. The largest absolute Gasteiger partial charge is 0.422 e. The number of hydrogen-bond donors (Lipinski definition) is 2. The standard InChI is InChI=1S/C23H19BrN4O2/c1-15-8-9-18(27-22(29)12-16-5-4-6-17(24)11-16)13-20(15)28-23-26-14-21(30-23)19-7-2-3-10-25-19/h2-11,13-14H,12H2,1H3,(H,26,28)(H,27,29). The number of nitrogens with zero attached hydrogens (tertiary/aromatic N) is 2. The summed E-state index contributed by atoms with van der Waals surface area (Å²) in [5.74, 6) is 0.491. The maximum atomic E-state index is 12.4. The van der Waals surface area contributed by atoms with Gasteiger partial charge in [0.1, 0.15) is 5.69 Å². The van der Waals surface area contributed by atoms with Gasteiger partial charge in [-0.3, -0.25) is 9.78 Å². The van der Waals surface area contributed by atoms with Crippen molar-refractivity contribution < 1.29 is 9.21 Å². The molecule has 0 bridgehead atoms. The van der Waals surface area contributed by atoms with Crippen molar-refractivity contribution in [2.45, 2.75) is 13.3 Å². The molecule has 0 saturated heterocycles. The Labute approximate surface area is 182 Å². The van der Waals surface area contributed by atoms with Gasteiger partial charge in [0.05, 0.1) is 12.6 Å². The third-order valence-electron chi connectivity index (χ3n) is 4.44. The minimum Gasteiger partial charge on any atom is -0.422 e. The third kappa shape index (κ3) is 4.93. The van der Waals surface area contributed by atoms with E-state index in [1.54, 1.807) is 12.4 Å². The predicted octanol–water partition coefficient (Wildman–Crippen LogP) is 5.73. The molecule has 0 radical (unpaired) electrons. The summed E-state index contributed by atoms with van der Waals surface area (Å²) in [6.45, 7) is 1.97. The van der Waals surface area contributed by atoms with Gasteiger partial charge >= 0.3 is 0 Å². The van der Waals surface area contributed by atoms with Gasteiger partial charge in [-0.05, 0) is 54.4 Å². The van der Waals surface area contributed by atoms with E-state index >= 15 is 0 Å². The van der Waals surface area contributed by atoms with Gasteiger partial charge in [-0.25, -0.2) is 4.98 Å². The molecule has 0 unspecified atom stereocenters. The van der Waals surface area contributed by atoms with Gasteiger partial charge in [-0.15, -0.1) is 0 Å². The van der Waals surface area contributed by atoms with Crippen LogP contribution in [0.3, 0.4) is 0 Å². The van der Waals surface area contributed by atoms with Crippen LogP contribution >= 0.6 is 15.9 Å². The second kappa shape index (κ2) is 8.92. The molecule has 0 aliphatic heterocycles. The van der Waals surface area contributed by atoms with Crippen LogP contribution in [0.15, 0.2) is 81.9 Å². The lowest BCUT2D eigenvalue weighted by Crippen LogP contribution is -2.14. The number of carbonyl (C=O) groups is 1. The fourth-order valence-corrected chi connectivity index (χ4v) is 3.39. The normalized spacial score (nSPS) is 10.6. The number of nitrogens with one attached hydrogen (secondary N) is 2. The van der Waals surface area contributed by atoms with Crippen molar-refractivity contribution >= 4 is 39.2 Å². The van der Waals surface area contributed by atoms with Gasteiger partial charge in [-0.1, -0.05) is 40.2 Å². The van der Waals surface area contributed by atoms with E-state index in [1.165, 1.54) is 0 Å². The minimum absolute atomic E-state index is 0.0866. The number of aryl methyl sites for hydroxylation is 1. The molecule has 0 aliphatic carbocycles. The second-order valence-electron chi connectivity index (χ2n) is 6.75. The number of anilines is 3. The molecular formula is C23H19BrN4O2. The number of aromatic nitrogens is 2. The number of hydrogen-bond acceptors (Lipinski definition) is 5. The summed E-state index contributed by atoms with van der Waals surface area (Å²) in [5.41, 5.74) is 4.14. The number of oxazole rings is 1. The number of amides is 1. The lowest BCUT2D eigenvalue weighted by Gasteiger charge is -2.11. The van der Waals surface area contributed by atoms with Crippen molar-refractivity contribution in [3.05, 3.63) is 88.7 Å². The summed E-state index contributed by atoms with van der Waals surface area (Å²) in [4.78, 5) is 21.0. The molecule has 4 rings (SSSR count). The highest BCUT2D eigenvalue weighted by Gasteiger charge is 2.10. The van der Waals surface area contributed by atoms with E-state index in [0.29, 0.717) is 29.6 Å². The van der Waals surface area contributed by atoms with Crippen LogP contribution in [0, 0.1) is 6.92 Å². The lowest BCUT2D eigenvalue weighted by molar-refractivity contribution is -0.115. The average Bonchev–Trinajstić information content (AvgIpc) is 3.20. The van der Waals surface area contributed by atoms with E-state index in [0.717, 1.165) is 21.3 Å². The van der Waals surface area contributed by atoms with Gasteiger partial charge in [0.2, 0.25) is 5.91 Å². The molecule has 150 valence electrons. The molecule has 0 spiro atoms. The summed E-state index contributed by atoms with van der Waals surface area (Å²) in [7, 11) is 0. The van der Waals surface area contributed by atoms with Crippen molar-refractivity contribution in [1.29, 1.82) is 0 Å².